The molecule has 3 aliphatic carbocycles. The maximum Gasteiger partial charge on any atom is 0.350 e. The second-order valence-electron chi connectivity index (χ2n) is 15.4. The van der Waals surface area contributed by atoms with Crippen molar-refractivity contribution < 1.29 is 29.0 Å². The molecular weight excluding hydrogens is 656 g/mol. The van der Waals surface area contributed by atoms with Crippen LogP contribution >= 0.6 is 0 Å². The summed E-state index contributed by atoms with van der Waals surface area (Å²) >= 11 is 0. The molecule has 10 heteroatoms. The first-order valence-electron chi connectivity index (χ1n) is 19.1. The number of epoxide rings is 1. The van der Waals surface area contributed by atoms with Crippen LogP contribution in [0.5, 0.6) is 0 Å². The predicted octanol–water partition coefficient (Wildman–Crippen LogP) is 4.82. The number of dihydropyridines is 1. The van der Waals surface area contributed by atoms with Gasteiger partial charge in [0.05, 0.1) is 19.9 Å². The van der Waals surface area contributed by atoms with Crippen molar-refractivity contribution in [3.05, 3.63) is 93.4 Å². The lowest BCUT2D eigenvalue weighted by molar-refractivity contribution is -0.150. The Kier molecular flexibility index (Phi) is 11.7. The summed E-state index contributed by atoms with van der Waals surface area (Å²) in [4.78, 5) is 43.8. The molecule has 1 aromatic rings. The molecule has 5 aliphatic rings. The number of aliphatic hydroxyl groups is 1. The van der Waals surface area contributed by atoms with Crippen molar-refractivity contribution in [3.63, 3.8) is 0 Å². The Bertz CT molecular complexity index is 1720. The van der Waals surface area contributed by atoms with Gasteiger partial charge in [0, 0.05) is 36.1 Å². The molecule has 52 heavy (non-hydrogen) atoms. The number of likely N-dealkylation sites (N-methyl/N-ethyl adjacent to an activating group) is 1. The van der Waals surface area contributed by atoms with Crippen molar-refractivity contribution in [2.45, 2.75) is 89.9 Å². The zero-order valence-corrected chi connectivity index (χ0v) is 31.4. The van der Waals surface area contributed by atoms with Crippen LogP contribution in [0.1, 0.15) is 92.5 Å². The fourth-order valence-electron chi connectivity index (χ4n) is 8.52. The van der Waals surface area contributed by atoms with Gasteiger partial charge in [0.2, 0.25) is 5.78 Å². The second kappa shape index (κ2) is 16.0. The van der Waals surface area contributed by atoms with Gasteiger partial charge in [-0.3, -0.25) is 9.59 Å². The fourth-order valence-corrected chi connectivity index (χ4v) is 8.52. The zero-order chi connectivity index (χ0) is 37.0. The van der Waals surface area contributed by atoms with E-state index in [0.717, 1.165) is 54.8 Å². The molecule has 6 rings (SSSR count). The van der Waals surface area contributed by atoms with Crippen molar-refractivity contribution in [2.75, 3.05) is 40.0 Å². The van der Waals surface area contributed by atoms with Crippen molar-refractivity contribution in [1.82, 2.24) is 21.3 Å². The Morgan fingerprint density at radius 3 is 2.79 bits per heavy atom. The number of esters is 1. The van der Waals surface area contributed by atoms with Crippen LogP contribution < -0.4 is 21.3 Å². The molecule has 1 aromatic carbocycles. The molecule has 2 heterocycles. The largest absolute Gasteiger partial charge is 0.463 e. The monoisotopic (exact) mass is 712 g/mol. The molecule has 5 N–H and O–H groups in total. The fraction of sp³-hybridized carbons (Fsp3) is 0.548. The second-order valence-corrected chi connectivity index (χ2v) is 15.4. The van der Waals surface area contributed by atoms with Crippen LogP contribution in [0.4, 0.5) is 0 Å². The number of carbonyl (C=O) groups is 3. The van der Waals surface area contributed by atoms with E-state index in [4.69, 9.17) is 9.47 Å². The smallest absolute Gasteiger partial charge is 0.350 e. The Balaban J connectivity index is 1.29. The Morgan fingerprint density at radius 1 is 1.21 bits per heavy atom. The number of Topliss-reactive ketones (excluding diaryl/α,β-unsaturated/α-hetero) is 2. The number of carbonyl (C=O) groups excluding carboxylic acids is 3. The van der Waals surface area contributed by atoms with Crippen molar-refractivity contribution in [2.24, 2.45) is 17.8 Å². The number of rotatable bonds is 16. The lowest BCUT2D eigenvalue weighted by atomic mass is 9.69. The number of fused-ring (bicyclic) bond motifs is 3. The van der Waals surface area contributed by atoms with E-state index in [2.05, 4.69) is 72.4 Å². The molecule has 5 unspecified atom stereocenters. The summed E-state index contributed by atoms with van der Waals surface area (Å²) in [6.45, 7) is 9.98. The minimum absolute atomic E-state index is 0.00863. The molecule has 0 spiro atoms. The first-order valence-corrected chi connectivity index (χ1v) is 19.1. The van der Waals surface area contributed by atoms with E-state index >= 15 is 0 Å². The summed E-state index contributed by atoms with van der Waals surface area (Å²) < 4.78 is 12.4. The summed E-state index contributed by atoms with van der Waals surface area (Å²) in [5.41, 5.74) is 1.33. The summed E-state index contributed by atoms with van der Waals surface area (Å²) in [5, 5.41) is 23.9. The van der Waals surface area contributed by atoms with E-state index in [1.807, 2.05) is 20.0 Å². The van der Waals surface area contributed by atoms with Crippen LogP contribution in [0.25, 0.3) is 0 Å². The Labute approximate surface area is 308 Å². The van der Waals surface area contributed by atoms with Crippen LogP contribution in [0.15, 0.2) is 76.7 Å². The number of nitrogens with one attached hydrogen (secondary N) is 4. The maximum absolute atomic E-state index is 14.7. The van der Waals surface area contributed by atoms with Gasteiger partial charge in [-0.15, -0.1) is 0 Å². The van der Waals surface area contributed by atoms with E-state index in [-0.39, 0.29) is 48.6 Å². The molecule has 0 radical (unpaired) electrons. The molecule has 1 fully saturated rings. The SMILES string of the molecule is CCNC1C=C2C=CCCC2CC1COC(=O)C12OC1(CC(CO)=C(C)CCC1=CCNC(NCNC)=C1)C(=O)c1cccc(CC(C)C)c1C2=O. The van der Waals surface area contributed by atoms with Crippen LogP contribution in [0.2, 0.25) is 0 Å². The molecule has 0 saturated carbocycles. The minimum Gasteiger partial charge on any atom is -0.463 e. The van der Waals surface area contributed by atoms with Gasteiger partial charge in [-0.1, -0.05) is 68.8 Å². The number of hydrogen-bond donors (Lipinski definition) is 5. The zero-order valence-electron chi connectivity index (χ0n) is 31.4. The number of benzene rings is 1. The molecule has 1 saturated heterocycles. The standard InChI is InChI=1S/C42H56N4O6/c1-6-44-35-21-30-11-8-7-10-29(30)20-32(35)24-51-40(50)42-39(49)37-31(18-26(2)3)12-9-13-34(37)38(48)41(42,52-42)22-33(23-47)27(4)14-15-28-16-17-45-36(19-28)46-25-43-5/h8-9,11-13,16,19,21,26,29,32,35,43-47H,6-7,10,14-15,17-18,20,22-25H2,1-5H3. The molecule has 10 nitrogen and oxygen atoms in total. The van der Waals surface area contributed by atoms with Gasteiger partial charge in [0.1, 0.15) is 5.82 Å². The van der Waals surface area contributed by atoms with E-state index in [1.165, 1.54) is 5.57 Å². The van der Waals surface area contributed by atoms with Crippen LogP contribution in [-0.2, 0) is 20.7 Å². The predicted molar refractivity (Wildman–Crippen MR) is 202 cm³/mol. The van der Waals surface area contributed by atoms with E-state index < -0.39 is 28.7 Å². The number of aliphatic hydroxyl groups excluding tert-OH is 1. The number of allylic oxidation sites excluding steroid dienone is 6. The van der Waals surface area contributed by atoms with Crippen LogP contribution in [0.3, 0.4) is 0 Å². The van der Waals surface area contributed by atoms with Gasteiger partial charge in [-0.05, 0) is 99.2 Å². The molecule has 5 atom stereocenters. The molecule has 0 bridgehead atoms. The third-order valence-electron chi connectivity index (χ3n) is 11.4. The van der Waals surface area contributed by atoms with Gasteiger partial charge >= 0.3 is 5.97 Å². The molecule has 0 amide bonds. The van der Waals surface area contributed by atoms with Crippen molar-refractivity contribution in [1.29, 1.82) is 0 Å². The number of hydrogen-bond acceptors (Lipinski definition) is 10. The van der Waals surface area contributed by atoms with Crippen LogP contribution in [-0.4, -0.2) is 79.9 Å². The number of ketones is 2. The van der Waals surface area contributed by atoms with Crippen molar-refractivity contribution in [3.8, 4) is 0 Å². The van der Waals surface area contributed by atoms with E-state index in [9.17, 15) is 19.5 Å². The topological polar surface area (TPSA) is 141 Å². The van der Waals surface area contributed by atoms with Gasteiger partial charge in [0.25, 0.3) is 5.60 Å². The molecule has 280 valence electrons. The first-order chi connectivity index (χ1) is 25.1. The maximum atomic E-state index is 14.7. The normalized spacial score (nSPS) is 28.1. The lowest BCUT2D eigenvalue weighted by Crippen LogP contribution is -2.52. The average molecular weight is 713 g/mol. The quantitative estimate of drug-likeness (QED) is 0.0533. The third-order valence-corrected chi connectivity index (χ3v) is 11.4. The minimum atomic E-state index is -2.10. The van der Waals surface area contributed by atoms with Gasteiger partial charge in [-0.2, -0.15) is 0 Å². The number of ether oxygens (including phenoxy) is 2. The summed E-state index contributed by atoms with van der Waals surface area (Å²) in [6, 6.07) is 5.33. The highest BCUT2D eigenvalue weighted by molar-refractivity contribution is 6.33. The lowest BCUT2D eigenvalue weighted by Gasteiger charge is -2.36. The summed E-state index contributed by atoms with van der Waals surface area (Å²) in [7, 11) is 1.88. The third kappa shape index (κ3) is 7.23. The Morgan fingerprint density at radius 2 is 2.04 bits per heavy atom. The van der Waals surface area contributed by atoms with Crippen molar-refractivity contribution >= 4 is 17.5 Å². The summed E-state index contributed by atoms with van der Waals surface area (Å²) in [5.74, 6) is -0.177. The molecule has 0 aromatic heterocycles. The van der Waals surface area contributed by atoms with Gasteiger partial charge in [-0.25, -0.2) is 4.79 Å². The van der Waals surface area contributed by atoms with Gasteiger partial charge < -0.3 is 35.8 Å². The highest BCUT2D eigenvalue weighted by Crippen LogP contribution is 2.60. The molecular formula is C42H56N4O6. The first kappa shape index (κ1) is 37.9. The Hall–Kier alpha value is -3.83. The molecule has 2 aliphatic heterocycles. The summed E-state index contributed by atoms with van der Waals surface area (Å²) in [6.07, 6.45) is 15.7. The highest BCUT2D eigenvalue weighted by Gasteiger charge is 2.85. The van der Waals surface area contributed by atoms with Crippen LogP contribution in [0, 0.1) is 17.8 Å². The van der Waals surface area contributed by atoms with E-state index in [0.29, 0.717) is 37.5 Å². The van der Waals surface area contributed by atoms with E-state index in [1.54, 1.807) is 12.1 Å². The highest BCUT2D eigenvalue weighted by atomic mass is 16.7. The average Bonchev–Trinajstić information content (AvgIpc) is 3.85. The van der Waals surface area contributed by atoms with Gasteiger partial charge in [0.15, 0.2) is 11.4 Å².